The number of ether oxygens (including phenoxy) is 4. The molecule has 2 aliphatic rings. The highest BCUT2D eigenvalue weighted by Gasteiger charge is 2.41. The highest BCUT2D eigenvalue weighted by molar-refractivity contribution is 6.04. The summed E-state index contributed by atoms with van der Waals surface area (Å²) in [5.41, 5.74) is 4.31. The lowest BCUT2D eigenvalue weighted by atomic mass is 9.71. The average molecular weight is 504 g/mol. The van der Waals surface area contributed by atoms with Gasteiger partial charge in [-0.25, -0.2) is 4.79 Å². The summed E-state index contributed by atoms with van der Waals surface area (Å²) in [6.07, 6.45) is 2.50. The number of esters is 1. The zero-order valence-corrected chi connectivity index (χ0v) is 21.8. The first kappa shape index (κ1) is 26.1. The molecule has 0 spiro atoms. The Bertz CT molecular complexity index is 1260. The first-order valence-electron chi connectivity index (χ1n) is 12.4. The zero-order valence-electron chi connectivity index (χ0n) is 21.8. The fraction of sp³-hybridized carbons (Fsp3) is 0.333. The standard InChI is InChI=1S/C30H33NO6/c1-6-14-37-30(33)27-18(3)31-23-15-21(19-8-11-22(34-4)12-9-19)16-24(32)29(23)28(27)20-10-13-25(36-7-2)26(17-20)35-5/h6,8-13,17,21,28,31H,1,7,14-16H2,2-5H3. The van der Waals surface area contributed by atoms with Crippen LogP contribution in [0.15, 0.2) is 77.7 Å². The molecule has 2 atom stereocenters. The Kier molecular flexibility index (Phi) is 8.01. The summed E-state index contributed by atoms with van der Waals surface area (Å²) in [6.45, 7) is 7.95. The van der Waals surface area contributed by atoms with Gasteiger partial charge in [0, 0.05) is 29.3 Å². The van der Waals surface area contributed by atoms with E-state index in [0.717, 1.165) is 22.6 Å². The van der Waals surface area contributed by atoms with Crippen LogP contribution in [0, 0.1) is 0 Å². The number of rotatable bonds is 9. The molecule has 0 fully saturated rings. The number of carbonyl (C=O) groups excluding carboxylic acids is 2. The number of benzene rings is 2. The van der Waals surface area contributed by atoms with Crippen molar-refractivity contribution in [2.45, 2.75) is 38.5 Å². The highest BCUT2D eigenvalue weighted by Crippen LogP contribution is 2.47. The van der Waals surface area contributed by atoms with Crippen molar-refractivity contribution in [1.82, 2.24) is 5.32 Å². The monoisotopic (exact) mass is 503 g/mol. The lowest BCUT2D eigenvalue weighted by molar-refractivity contribution is -0.138. The van der Waals surface area contributed by atoms with Gasteiger partial charge in [-0.05, 0) is 61.6 Å². The maximum atomic E-state index is 13.8. The Balaban J connectivity index is 1.79. The molecule has 0 aromatic heterocycles. The molecule has 7 nitrogen and oxygen atoms in total. The van der Waals surface area contributed by atoms with E-state index in [1.807, 2.05) is 56.3 Å². The van der Waals surface area contributed by atoms with E-state index in [2.05, 4.69) is 11.9 Å². The first-order chi connectivity index (χ1) is 17.9. The average Bonchev–Trinajstić information content (AvgIpc) is 2.91. The summed E-state index contributed by atoms with van der Waals surface area (Å²) in [4.78, 5) is 27.0. The molecule has 0 saturated carbocycles. The van der Waals surface area contributed by atoms with Crippen LogP contribution < -0.4 is 19.5 Å². The SMILES string of the molecule is C=CCOC(=O)C1=C(C)NC2=C(C(=O)CC(c3ccc(OC)cc3)C2)C1c1ccc(OCC)c(OC)c1. The Morgan fingerprint density at radius 2 is 1.78 bits per heavy atom. The molecule has 1 heterocycles. The minimum Gasteiger partial charge on any atom is -0.497 e. The molecule has 4 rings (SSSR count). The van der Waals surface area contributed by atoms with E-state index in [1.54, 1.807) is 14.2 Å². The normalized spacial score (nSPS) is 19.1. The van der Waals surface area contributed by atoms with Crippen LogP contribution in [0.5, 0.6) is 17.2 Å². The van der Waals surface area contributed by atoms with Crippen LogP contribution in [-0.4, -0.2) is 39.2 Å². The molecule has 1 N–H and O–H groups in total. The lowest BCUT2D eigenvalue weighted by Crippen LogP contribution is -2.36. The second-order valence-corrected chi connectivity index (χ2v) is 9.02. The van der Waals surface area contributed by atoms with Crippen LogP contribution in [0.4, 0.5) is 0 Å². The molecular formula is C30H33NO6. The van der Waals surface area contributed by atoms with Gasteiger partial charge in [0.25, 0.3) is 0 Å². The third-order valence-electron chi connectivity index (χ3n) is 6.79. The second kappa shape index (κ2) is 11.4. The quantitative estimate of drug-likeness (QED) is 0.372. The highest BCUT2D eigenvalue weighted by atomic mass is 16.5. The summed E-state index contributed by atoms with van der Waals surface area (Å²) < 4.78 is 22.0. The van der Waals surface area contributed by atoms with Gasteiger partial charge in [0.05, 0.1) is 26.4 Å². The van der Waals surface area contributed by atoms with Crippen molar-refractivity contribution in [2.75, 3.05) is 27.4 Å². The van der Waals surface area contributed by atoms with Gasteiger partial charge in [-0.3, -0.25) is 4.79 Å². The minimum atomic E-state index is -0.595. The number of dihydropyridines is 1. The number of hydrogen-bond donors (Lipinski definition) is 1. The predicted octanol–water partition coefficient (Wildman–Crippen LogP) is 5.19. The second-order valence-electron chi connectivity index (χ2n) is 9.02. The van der Waals surface area contributed by atoms with Gasteiger partial charge in [0.15, 0.2) is 17.3 Å². The van der Waals surface area contributed by atoms with E-state index >= 15 is 0 Å². The molecule has 0 bridgehead atoms. The molecule has 2 aromatic rings. The van der Waals surface area contributed by atoms with Crippen LogP contribution in [0.25, 0.3) is 0 Å². The van der Waals surface area contributed by atoms with Crippen molar-refractivity contribution >= 4 is 11.8 Å². The summed E-state index contributed by atoms with van der Waals surface area (Å²) >= 11 is 0. The zero-order chi connectivity index (χ0) is 26.5. The van der Waals surface area contributed by atoms with Gasteiger partial charge in [-0.15, -0.1) is 0 Å². The van der Waals surface area contributed by atoms with Crippen molar-refractivity contribution in [3.8, 4) is 17.2 Å². The van der Waals surface area contributed by atoms with Crippen LogP contribution in [-0.2, 0) is 14.3 Å². The lowest BCUT2D eigenvalue weighted by Gasteiger charge is -2.36. The van der Waals surface area contributed by atoms with Crippen molar-refractivity contribution in [2.24, 2.45) is 0 Å². The number of methoxy groups -OCH3 is 2. The molecule has 1 aliphatic heterocycles. The number of carbonyl (C=O) groups is 2. The van der Waals surface area contributed by atoms with Crippen LogP contribution >= 0.6 is 0 Å². The van der Waals surface area contributed by atoms with E-state index < -0.39 is 11.9 Å². The fourth-order valence-corrected chi connectivity index (χ4v) is 5.11. The summed E-state index contributed by atoms with van der Waals surface area (Å²) in [5.74, 6) is 0.837. The van der Waals surface area contributed by atoms with Crippen molar-refractivity contribution in [3.63, 3.8) is 0 Å². The molecular weight excluding hydrogens is 470 g/mol. The van der Waals surface area contributed by atoms with Gasteiger partial charge in [0.2, 0.25) is 0 Å². The third-order valence-corrected chi connectivity index (χ3v) is 6.79. The fourth-order valence-electron chi connectivity index (χ4n) is 5.11. The van der Waals surface area contributed by atoms with E-state index in [-0.39, 0.29) is 18.3 Å². The maximum Gasteiger partial charge on any atom is 0.337 e. The number of Topliss-reactive ketones (excluding diaryl/α,β-unsaturated/α-hetero) is 1. The number of allylic oxidation sites excluding steroid dienone is 3. The minimum absolute atomic E-state index is 0.00561. The molecule has 194 valence electrons. The van der Waals surface area contributed by atoms with Crippen molar-refractivity contribution in [1.29, 1.82) is 0 Å². The Labute approximate surface area is 217 Å². The molecule has 7 heteroatoms. The van der Waals surface area contributed by atoms with Gasteiger partial charge < -0.3 is 24.3 Å². The summed E-state index contributed by atoms with van der Waals surface area (Å²) in [7, 11) is 3.20. The number of nitrogens with one attached hydrogen (secondary N) is 1. The summed E-state index contributed by atoms with van der Waals surface area (Å²) in [6, 6.07) is 13.3. The molecule has 1 aliphatic carbocycles. The Morgan fingerprint density at radius 3 is 2.43 bits per heavy atom. The number of ketones is 1. The summed E-state index contributed by atoms with van der Waals surface area (Å²) in [5, 5.41) is 3.37. The van der Waals surface area contributed by atoms with Crippen LogP contribution in [0.1, 0.15) is 49.7 Å². The molecule has 0 radical (unpaired) electrons. The van der Waals surface area contributed by atoms with Crippen LogP contribution in [0.2, 0.25) is 0 Å². The Morgan fingerprint density at radius 1 is 1.05 bits per heavy atom. The van der Waals surface area contributed by atoms with Gasteiger partial charge in [-0.1, -0.05) is 30.9 Å². The topological polar surface area (TPSA) is 83.1 Å². The van der Waals surface area contributed by atoms with E-state index in [9.17, 15) is 9.59 Å². The molecule has 0 saturated heterocycles. The van der Waals surface area contributed by atoms with Gasteiger partial charge in [0.1, 0.15) is 12.4 Å². The molecule has 2 aromatic carbocycles. The van der Waals surface area contributed by atoms with Gasteiger partial charge >= 0.3 is 5.97 Å². The van der Waals surface area contributed by atoms with Gasteiger partial charge in [-0.2, -0.15) is 0 Å². The molecule has 0 amide bonds. The van der Waals surface area contributed by atoms with Crippen molar-refractivity contribution in [3.05, 3.63) is 88.8 Å². The first-order valence-corrected chi connectivity index (χ1v) is 12.4. The third kappa shape index (κ3) is 5.26. The smallest absolute Gasteiger partial charge is 0.337 e. The Hall–Kier alpha value is -4.00. The molecule has 37 heavy (non-hydrogen) atoms. The number of hydrogen-bond acceptors (Lipinski definition) is 7. The van der Waals surface area contributed by atoms with E-state index in [4.69, 9.17) is 18.9 Å². The maximum absolute atomic E-state index is 13.8. The predicted molar refractivity (Wildman–Crippen MR) is 141 cm³/mol. The largest absolute Gasteiger partial charge is 0.497 e. The van der Waals surface area contributed by atoms with E-state index in [0.29, 0.717) is 47.8 Å². The van der Waals surface area contributed by atoms with E-state index in [1.165, 1.54) is 6.08 Å². The molecule has 2 unspecified atom stereocenters. The van der Waals surface area contributed by atoms with Crippen LogP contribution in [0.3, 0.4) is 0 Å². The van der Waals surface area contributed by atoms with Crippen molar-refractivity contribution < 1.29 is 28.5 Å².